The number of carbonyl (C=O) groups is 1. The van der Waals surface area contributed by atoms with E-state index < -0.39 is 6.04 Å². The second kappa shape index (κ2) is 8.65. The van der Waals surface area contributed by atoms with Gasteiger partial charge in [0.05, 0.1) is 12.7 Å². The smallest absolute Gasteiger partial charge is 0.253 e. The van der Waals surface area contributed by atoms with Crippen molar-refractivity contribution in [3.8, 4) is 11.8 Å². The monoisotopic (exact) mass is 367 g/mol. The van der Waals surface area contributed by atoms with Gasteiger partial charge in [-0.25, -0.2) is 4.39 Å². The molecule has 1 fully saturated rings. The Hall–Kier alpha value is -2.91. The summed E-state index contributed by atoms with van der Waals surface area (Å²) in [4.78, 5) is 16.5. The van der Waals surface area contributed by atoms with Gasteiger partial charge in [0.25, 0.3) is 5.91 Å². The van der Waals surface area contributed by atoms with E-state index in [1.165, 1.54) is 12.1 Å². The first-order valence-corrected chi connectivity index (χ1v) is 9.03. The maximum absolute atomic E-state index is 13.1. The second-order valence-electron chi connectivity index (χ2n) is 6.37. The molecule has 3 rings (SSSR count). The van der Waals surface area contributed by atoms with E-state index in [1.54, 1.807) is 41.3 Å². The van der Waals surface area contributed by atoms with Crippen LogP contribution in [-0.4, -0.2) is 48.5 Å². The van der Waals surface area contributed by atoms with Crippen LogP contribution in [0.15, 0.2) is 48.5 Å². The van der Waals surface area contributed by atoms with Crippen LogP contribution in [0, 0.1) is 17.1 Å². The van der Waals surface area contributed by atoms with E-state index in [0.717, 1.165) is 11.3 Å². The average molecular weight is 367 g/mol. The largest absolute Gasteiger partial charge is 0.494 e. The summed E-state index contributed by atoms with van der Waals surface area (Å²) in [6.45, 7) is 4.79. The number of hydrogen-bond donors (Lipinski definition) is 0. The standard InChI is InChI=1S/C21H22FN3O2/c1-2-27-19-9-5-17(6-10-19)21(26)25-13-11-24(12-14-25)20(15-23)16-3-7-18(22)8-4-16/h3-10,20H,2,11-14H2,1H3. The molecule has 2 aromatic rings. The Bertz CT molecular complexity index is 807. The highest BCUT2D eigenvalue weighted by atomic mass is 19.1. The number of halogens is 1. The number of ether oxygens (including phenoxy) is 1. The van der Waals surface area contributed by atoms with Crippen molar-refractivity contribution in [1.29, 1.82) is 5.26 Å². The van der Waals surface area contributed by atoms with Gasteiger partial charge in [0, 0.05) is 31.7 Å². The number of benzene rings is 2. The zero-order valence-electron chi connectivity index (χ0n) is 15.3. The van der Waals surface area contributed by atoms with E-state index in [4.69, 9.17) is 4.74 Å². The fraction of sp³-hybridized carbons (Fsp3) is 0.333. The Morgan fingerprint density at radius 1 is 1.11 bits per heavy atom. The third-order valence-corrected chi connectivity index (χ3v) is 4.69. The Kier molecular flexibility index (Phi) is 6.05. The average Bonchev–Trinajstić information content (AvgIpc) is 2.71. The molecule has 1 aliphatic heterocycles. The fourth-order valence-electron chi connectivity index (χ4n) is 3.24. The van der Waals surface area contributed by atoms with E-state index in [0.29, 0.717) is 38.3 Å². The van der Waals surface area contributed by atoms with Crippen LogP contribution in [0.1, 0.15) is 28.9 Å². The maximum Gasteiger partial charge on any atom is 0.253 e. The van der Waals surface area contributed by atoms with Crippen LogP contribution < -0.4 is 4.74 Å². The highest BCUT2D eigenvalue weighted by Gasteiger charge is 2.27. The Labute approximate surface area is 158 Å². The van der Waals surface area contributed by atoms with Gasteiger partial charge in [0.15, 0.2) is 0 Å². The van der Waals surface area contributed by atoms with Crippen molar-refractivity contribution in [2.75, 3.05) is 32.8 Å². The molecule has 0 saturated carbocycles. The molecule has 0 N–H and O–H groups in total. The Balaban J connectivity index is 1.61. The van der Waals surface area contributed by atoms with Gasteiger partial charge in [-0.05, 0) is 48.9 Å². The summed E-state index contributed by atoms with van der Waals surface area (Å²) < 4.78 is 18.5. The first-order valence-electron chi connectivity index (χ1n) is 9.03. The SMILES string of the molecule is CCOc1ccc(C(=O)N2CCN(C(C#N)c3ccc(F)cc3)CC2)cc1. The van der Waals surface area contributed by atoms with Crippen LogP contribution in [0.4, 0.5) is 4.39 Å². The molecule has 0 radical (unpaired) electrons. The van der Waals surface area contributed by atoms with Crippen LogP contribution in [0.3, 0.4) is 0 Å². The predicted molar refractivity (Wildman–Crippen MR) is 99.8 cm³/mol. The van der Waals surface area contributed by atoms with Gasteiger partial charge in [0.1, 0.15) is 17.6 Å². The van der Waals surface area contributed by atoms with Gasteiger partial charge in [-0.1, -0.05) is 12.1 Å². The minimum atomic E-state index is -0.437. The van der Waals surface area contributed by atoms with Gasteiger partial charge in [-0.3, -0.25) is 9.69 Å². The van der Waals surface area contributed by atoms with Crippen molar-refractivity contribution in [2.24, 2.45) is 0 Å². The first kappa shape index (κ1) is 18.9. The van der Waals surface area contributed by atoms with Gasteiger partial charge in [-0.15, -0.1) is 0 Å². The van der Waals surface area contributed by atoms with Crippen molar-refractivity contribution in [3.05, 3.63) is 65.5 Å². The number of nitrogens with zero attached hydrogens (tertiary/aromatic N) is 3. The maximum atomic E-state index is 13.1. The molecule has 5 nitrogen and oxygen atoms in total. The quantitative estimate of drug-likeness (QED) is 0.814. The number of hydrogen-bond acceptors (Lipinski definition) is 4. The molecule has 1 amide bonds. The van der Waals surface area contributed by atoms with Crippen LogP contribution in [0.25, 0.3) is 0 Å². The van der Waals surface area contributed by atoms with Gasteiger partial charge < -0.3 is 9.64 Å². The third kappa shape index (κ3) is 4.44. The van der Waals surface area contributed by atoms with Gasteiger partial charge in [-0.2, -0.15) is 5.26 Å². The van der Waals surface area contributed by atoms with Crippen molar-refractivity contribution in [1.82, 2.24) is 9.80 Å². The summed E-state index contributed by atoms with van der Waals surface area (Å²) in [5.74, 6) is 0.407. The number of nitriles is 1. The van der Waals surface area contributed by atoms with Crippen LogP contribution in [0.2, 0.25) is 0 Å². The van der Waals surface area contributed by atoms with Crippen molar-refractivity contribution in [3.63, 3.8) is 0 Å². The molecule has 140 valence electrons. The molecule has 1 atom stereocenters. The molecule has 0 bridgehead atoms. The zero-order chi connectivity index (χ0) is 19.2. The third-order valence-electron chi connectivity index (χ3n) is 4.69. The topological polar surface area (TPSA) is 56.6 Å². The minimum absolute atomic E-state index is 0.0204. The van der Waals surface area contributed by atoms with E-state index in [-0.39, 0.29) is 11.7 Å². The molecule has 0 aliphatic carbocycles. The lowest BCUT2D eigenvalue weighted by molar-refractivity contribution is 0.0606. The summed E-state index contributed by atoms with van der Waals surface area (Å²) >= 11 is 0. The molecule has 1 saturated heterocycles. The van der Waals surface area contributed by atoms with Gasteiger partial charge in [0.2, 0.25) is 0 Å². The van der Waals surface area contributed by atoms with Crippen molar-refractivity contribution in [2.45, 2.75) is 13.0 Å². The van der Waals surface area contributed by atoms with Crippen molar-refractivity contribution < 1.29 is 13.9 Å². The van der Waals surface area contributed by atoms with E-state index >= 15 is 0 Å². The summed E-state index contributed by atoms with van der Waals surface area (Å²) in [5.41, 5.74) is 1.40. The number of rotatable bonds is 5. The minimum Gasteiger partial charge on any atom is -0.494 e. The van der Waals surface area contributed by atoms with Crippen LogP contribution >= 0.6 is 0 Å². The molecule has 0 spiro atoms. The molecular weight excluding hydrogens is 345 g/mol. The number of piperazine rings is 1. The summed E-state index contributed by atoms with van der Waals surface area (Å²) in [6, 6.07) is 15.0. The predicted octanol–water partition coefficient (Wildman–Crippen LogP) is 3.25. The Morgan fingerprint density at radius 3 is 2.30 bits per heavy atom. The highest BCUT2D eigenvalue weighted by molar-refractivity contribution is 5.94. The molecule has 0 aromatic heterocycles. The second-order valence-corrected chi connectivity index (χ2v) is 6.37. The molecule has 6 heteroatoms. The molecule has 27 heavy (non-hydrogen) atoms. The van der Waals surface area contributed by atoms with Crippen molar-refractivity contribution >= 4 is 5.91 Å². The molecule has 1 aliphatic rings. The van der Waals surface area contributed by atoms with E-state index in [1.807, 2.05) is 11.8 Å². The molecular formula is C21H22FN3O2. The van der Waals surface area contributed by atoms with Crippen LogP contribution in [-0.2, 0) is 0 Å². The summed E-state index contributed by atoms with van der Waals surface area (Å²) in [7, 11) is 0. The molecule has 2 aromatic carbocycles. The lowest BCUT2D eigenvalue weighted by Gasteiger charge is -2.37. The van der Waals surface area contributed by atoms with E-state index in [2.05, 4.69) is 6.07 Å². The number of amides is 1. The Morgan fingerprint density at radius 2 is 1.74 bits per heavy atom. The van der Waals surface area contributed by atoms with Gasteiger partial charge >= 0.3 is 0 Å². The highest BCUT2D eigenvalue weighted by Crippen LogP contribution is 2.23. The molecule has 1 heterocycles. The zero-order valence-corrected chi connectivity index (χ0v) is 15.3. The number of carbonyl (C=O) groups excluding carboxylic acids is 1. The molecule has 1 unspecified atom stereocenters. The lowest BCUT2D eigenvalue weighted by Crippen LogP contribution is -2.49. The summed E-state index contributed by atoms with van der Waals surface area (Å²) in [6.07, 6.45) is 0. The summed E-state index contributed by atoms with van der Waals surface area (Å²) in [5, 5.41) is 9.55. The first-order chi connectivity index (χ1) is 13.1. The van der Waals surface area contributed by atoms with E-state index in [9.17, 15) is 14.4 Å². The lowest BCUT2D eigenvalue weighted by atomic mass is 10.1. The normalized spacial score (nSPS) is 15.8. The van der Waals surface area contributed by atoms with Crippen LogP contribution in [0.5, 0.6) is 5.75 Å². The fourth-order valence-corrected chi connectivity index (χ4v) is 3.24.